The van der Waals surface area contributed by atoms with Crippen molar-refractivity contribution in [3.8, 4) is 0 Å². The van der Waals surface area contributed by atoms with E-state index in [2.05, 4.69) is 162 Å². The first kappa shape index (κ1) is 60.5. The van der Waals surface area contributed by atoms with Crippen molar-refractivity contribution in [2.45, 2.75) is 84.7 Å². The van der Waals surface area contributed by atoms with Gasteiger partial charge in [0.25, 0.3) is 0 Å². The average Bonchev–Trinajstić information content (AvgIpc) is 3.42. The molecule has 0 saturated heterocycles. The molecule has 0 aliphatic carbocycles. The molecule has 0 unspecified atom stereocenters. The van der Waals surface area contributed by atoms with Crippen LogP contribution in [-0.4, -0.2) is 44.1 Å². The Morgan fingerprint density at radius 1 is 0.521 bits per heavy atom. The fourth-order valence-corrected chi connectivity index (χ4v) is 7.46. The number of carbonyl (C=O) groups is 3. The number of methoxy groups -OCH3 is 3. The zero-order valence-electron chi connectivity index (χ0n) is 44.2. The number of carbonyl (C=O) groups excluding carboxylic acids is 3. The van der Waals surface area contributed by atoms with Gasteiger partial charge in [-0.3, -0.25) is 14.5 Å². The Morgan fingerprint density at radius 2 is 0.945 bits per heavy atom. The second-order valence-corrected chi connectivity index (χ2v) is 17.4. The normalized spacial score (nSPS) is 12.1. The molecule has 0 radical (unpaired) electrons. The number of rotatable bonds is 17. The second kappa shape index (κ2) is 33.7. The Bertz CT molecular complexity index is 2630. The number of benzene rings is 7. The summed E-state index contributed by atoms with van der Waals surface area (Å²) < 4.78 is 14.1. The molecule has 0 aromatic heterocycles. The minimum Gasteiger partial charge on any atom is -0.652 e. The van der Waals surface area contributed by atoms with Gasteiger partial charge in [-0.25, -0.2) is 4.79 Å². The van der Waals surface area contributed by atoms with Gasteiger partial charge in [-0.15, -0.1) is 12.6 Å². The predicted octanol–water partition coefficient (Wildman–Crippen LogP) is 10.9. The number of hydrogen-bond acceptors (Lipinski definition) is 8. The van der Waals surface area contributed by atoms with Crippen LogP contribution in [0.3, 0.4) is 0 Å². The summed E-state index contributed by atoms with van der Waals surface area (Å²) in [5.74, 6) is -0.812. The van der Waals surface area contributed by atoms with Crippen LogP contribution >= 0.6 is 0 Å². The van der Waals surface area contributed by atoms with Gasteiger partial charge in [0.05, 0.1) is 34.2 Å². The standard InChI is InChI=1S/C26H29NO2.C15H16N.C11H15NO2.C11H12O2.Li/c1-20-14-16-24(17-15-20)25(18-26(28)29-3)27(19-22-10-6-4-7-11-22)21(2)23-12-8-5-9-13-23;1-13(15-10-6-3-7-11-15)16-12-14-8-4-2-5-9-14;1-8-3-5-9(6-4-8)10(12)7-11(13)14-2;1-9-3-5-10(6-4-9)7-8-11(12)13-2;/h4-17,21,25H,18-19H2,1-3H3;2-11,13H,12H2,1H3;3-6,10H,7,12H2,1-2H3;3-8H,1-2H3;/q;-1;;;+1/b;;;8-7+;/t21-,25+;13-;10-;;/m001../s1. The summed E-state index contributed by atoms with van der Waals surface area (Å²) in [6, 6.07) is 65.8. The molecule has 0 bridgehead atoms. The van der Waals surface area contributed by atoms with E-state index in [1.54, 1.807) is 6.08 Å². The Balaban J connectivity index is 0.000000273. The van der Waals surface area contributed by atoms with Crippen LogP contribution < -0.4 is 24.6 Å². The monoisotopic (exact) mass is 974 g/mol. The van der Waals surface area contributed by atoms with Gasteiger partial charge in [-0.1, -0.05) is 229 Å². The summed E-state index contributed by atoms with van der Waals surface area (Å²) in [5, 5.41) is 4.66. The SMILES string of the molecule is COC(=O)/C=C/c1ccc(C)cc1.COC(=O)C[C@@H](N)c1ccc(C)cc1.COC(=O)C[C@H](c1ccc(C)cc1)N(Cc1ccccc1)[C@@H](C)c1ccccc1.C[C@H]([N-]Cc1ccccc1)c1ccccc1.[Li+]. The Kier molecular flexibility index (Phi) is 28.0. The van der Waals surface area contributed by atoms with Crippen molar-refractivity contribution in [1.82, 2.24) is 4.90 Å². The van der Waals surface area contributed by atoms with Crippen molar-refractivity contribution in [3.05, 3.63) is 261 Å². The maximum atomic E-state index is 12.3. The van der Waals surface area contributed by atoms with Crippen LogP contribution in [-0.2, 0) is 41.7 Å². The molecule has 7 aromatic rings. The summed E-state index contributed by atoms with van der Waals surface area (Å²) in [6.07, 6.45) is 3.67. The fourth-order valence-electron chi connectivity index (χ4n) is 7.46. The average molecular weight is 974 g/mol. The Labute approximate surface area is 447 Å². The molecule has 73 heavy (non-hydrogen) atoms. The first-order valence-electron chi connectivity index (χ1n) is 24.2. The molecule has 7 aromatic carbocycles. The third-order valence-electron chi connectivity index (χ3n) is 11.9. The second-order valence-electron chi connectivity index (χ2n) is 17.4. The summed E-state index contributed by atoms with van der Waals surface area (Å²) in [4.78, 5) is 36.4. The summed E-state index contributed by atoms with van der Waals surface area (Å²) in [5.41, 5.74) is 17.5. The van der Waals surface area contributed by atoms with E-state index in [9.17, 15) is 14.4 Å². The minimum absolute atomic E-state index is 0. The largest absolute Gasteiger partial charge is 1.00 e. The number of aryl methyl sites for hydroxylation is 3. The number of nitrogens with two attached hydrogens (primary N) is 1. The van der Waals surface area contributed by atoms with Gasteiger partial charge in [0.2, 0.25) is 0 Å². The molecule has 0 spiro atoms. The maximum absolute atomic E-state index is 12.3. The molecule has 2 N–H and O–H groups in total. The molecule has 376 valence electrons. The van der Waals surface area contributed by atoms with Gasteiger partial charge in [-0.05, 0) is 61.6 Å². The van der Waals surface area contributed by atoms with Crippen molar-refractivity contribution in [1.29, 1.82) is 0 Å². The van der Waals surface area contributed by atoms with Crippen LogP contribution in [0.4, 0.5) is 0 Å². The first-order chi connectivity index (χ1) is 34.8. The smallest absolute Gasteiger partial charge is 0.652 e. The van der Waals surface area contributed by atoms with Crippen molar-refractivity contribution in [2.75, 3.05) is 21.3 Å². The van der Waals surface area contributed by atoms with E-state index in [1.165, 1.54) is 66.3 Å². The van der Waals surface area contributed by atoms with E-state index in [0.29, 0.717) is 6.42 Å². The number of nitrogens with zero attached hydrogens (tertiary/aromatic N) is 2. The molecule has 0 saturated carbocycles. The van der Waals surface area contributed by atoms with Crippen LogP contribution in [0, 0.1) is 20.8 Å². The first-order valence-corrected chi connectivity index (χ1v) is 24.2. The Morgan fingerprint density at radius 3 is 1.42 bits per heavy atom. The van der Waals surface area contributed by atoms with Gasteiger partial charge >= 0.3 is 36.8 Å². The Hall–Kier alpha value is -6.83. The van der Waals surface area contributed by atoms with Gasteiger partial charge < -0.3 is 25.3 Å². The van der Waals surface area contributed by atoms with E-state index in [4.69, 9.17) is 10.5 Å². The quantitative estimate of drug-likeness (QED) is 0.0414. The van der Waals surface area contributed by atoms with E-state index in [-0.39, 0.29) is 67.4 Å². The van der Waals surface area contributed by atoms with E-state index < -0.39 is 0 Å². The molecule has 0 amide bonds. The van der Waals surface area contributed by atoms with Crippen LogP contribution in [0.25, 0.3) is 11.4 Å². The molecule has 9 nitrogen and oxygen atoms in total. The molecule has 0 aliphatic rings. The van der Waals surface area contributed by atoms with Crippen molar-refractivity contribution in [3.63, 3.8) is 0 Å². The van der Waals surface area contributed by atoms with Gasteiger partial charge in [0.1, 0.15) is 0 Å². The minimum atomic E-state index is -0.333. The number of esters is 3. The fraction of sp³-hybridized carbons (Fsp3) is 0.254. The van der Waals surface area contributed by atoms with E-state index in [1.807, 2.05) is 86.6 Å². The number of ether oxygens (including phenoxy) is 3. The predicted molar refractivity (Wildman–Crippen MR) is 293 cm³/mol. The third-order valence-corrected chi connectivity index (χ3v) is 11.9. The van der Waals surface area contributed by atoms with Crippen LogP contribution in [0.1, 0.15) is 106 Å². The zero-order chi connectivity index (χ0) is 52.1. The van der Waals surface area contributed by atoms with E-state index in [0.717, 1.165) is 29.8 Å². The zero-order valence-corrected chi connectivity index (χ0v) is 44.2. The maximum Gasteiger partial charge on any atom is 1.00 e. The summed E-state index contributed by atoms with van der Waals surface area (Å²) in [7, 11) is 4.18. The number of hydrogen-bond donors (Lipinski definition) is 1. The summed E-state index contributed by atoms with van der Waals surface area (Å²) >= 11 is 0. The van der Waals surface area contributed by atoms with Crippen molar-refractivity contribution < 1.29 is 47.5 Å². The van der Waals surface area contributed by atoms with E-state index >= 15 is 0 Å². The molecule has 7 rings (SSSR count). The molecule has 10 heteroatoms. The van der Waals surface area contributed by atoms with Crippen LogP contribution in [0.15, 0.2) is 200 Å². The molecule has 0 fully saturated rings. The van der Waals surface area contributed by atoms with Crippen LogP contribution in [0.2, 0.25) is 0 Å². The van der Waals surface area contributed by atoms with Crippen molar-refractivity contribution in [2.24, 2.45) is 5.73 Å². The summed E-state index contributed by atoms with van der Waals surface area (Å²) in [6.45, 7) is 12.0. The molecule has 0 aliphatic heterocycles. The van der Waals surface area contributed by atoms with Crippen molar-refractivity contribution >= 4 is 24.0 Å². The van der Waals surface area contributed by atoms with Gasteiger partial charge in [0.15, 0.2) is 0 Å². The topological polar surface area (TPSA) is 122 Å². The molecular formula is C63H72LiN3O6. The molecule has 0 heterocycles. The molecule has 4 atom stereocenters. The van der Waals surface area contributed by atoms with Gasteiger partial charge in [-0.2, -0.15) is 0 Å². The van der Waals surface area contributed by atoms with Gasteiger partial charge in [0, 0.05) is 30.7 Å². The van der Waals surface area contributed by atoms with Crippen LogP contribution in [0.5, 0.6) is 0 Å². The third kappa shape index (κ3) is 22.6. The molecular weight excluding hydrogens is 902 g/mol.